The summed E-state index contributed by atoms with van der Waals surface area (Å²) >= 11 is 0. The van der Waals surface area contributed by atoms with Crippen LogP contribution in [0.5, 0.6) is 0 Å². The molecular weight excluding hydrogens is 132 g/mol. The van der Waals surface area contributed by atoms with Gasteiger partial charge in [-0.2, -0.15) is 0 Å². The van der Waals surface area contributed by atoms with Crippen molar-refractivity contribution >= 4 is 0 Å². The fraction of sp³-hybridized carbons (Fsp3) is 0.636. The molecule has 0 fully saturated rings. The zero-order valence-electron chi connectivity index (χ0n) is 8.06. The van der Waals surface area contributed by atoms with Gasteiger partial charge in [-0.05, 0) is 26.7 Å². The van der Waals surface area contributed by atoms with Crippen LogP contribution in [-0.2, 0) is 0 Å². The number of hydrogen-bond acceptors (Lipinski definition) is 0. The van der Waals surface area contributed by atoms with Crippen molar-refractivity contribution in [3.63, 3.8) is 0 Å². The summed E-state index contributed by atoms with van der Waals surface area (Å²) in [4.78, 5) is 0. The van der Waals surface area contributed by atoms with Gasteiger partial charge in [-0.25, -0.2) is 0 Å². The monoisotopic (exact) mass is 152 g/mol. The molecule has 0 aromatic carbocycles. The third-order valence-corrected chi connectivity index (χ3v) is 1.82. The van der Waals surface area contributed by atoms with E-state index in [1.807, 2.05) is 0 Å². The van der Waals surface area contributed by atoms with Crippen LogP contribution < -0.4 is 0 Å². The Bertz CT molecular complexity index is 129. The zero-order valence-corrected chi connectivity index (χ0v) is 8.06. The molecule has 0 spiro atoms. The third kappa shape index (κ3) is 7.38. The molecule has 0 amide bonds. The number of hydrogen-bond donors (Lipinski definition) is 0. The Kier molecular flexibility index (Phi) is 7.23. The number of rotatable bonds is 5. The second kappa shape index (κ2) is 7.59. The standard InChI is InChI=1S/C11H20/c1-4-6-7-8-9-10-11(3)5-2/h5,8-9H,4,6-7,10H2,1-3H3/b9-8+,11-5+. The Morgan fingerprint density at radius 2 is 2.00 bits per heavy atom. The topological polar surface area (TPSA) is 0 Å². The normalized spacial score (nSPS) is 12.8. The SMILES string of the molecule is C/C=C(\C)C/C=C/CCCC. The van der Waals surface area contributed by atoms with Crippen LogP contribution in [0.3, 0.4) is 0 Å². The fourth-order valence-corrected chi connectivity index (χ4v) is 0.827. The first kappa shape index (κ1) is 10.5. The van der Waals surface area contributed by atoms with Crippen LogP contribution in [0.25, 0.3) is 0 Å². The lowest BCUT2D eigenvalue weighted by Gasteiger charge is -1.92. The van der Waals surface area contributed by atoms with Gasteiger partial charge in [0.25, 0.3) is 0 Å². The fourth-order valence-electron chi connectivity index (χ4n) is 0.827. The van der Waals surface area contributed by atoms with Crippen molar-refractivity contribution in [2.24, 2.45) is 0 Å². The highest BCUT2D eigenvalue weighted by molar-refractivity contribution is 5.02. The highest BCUT2D eigenvalue weighted by atomic mass is 13.9. The zero-order chi connectivity index (χ0) is 8.53. The molecule has 0 aliphatic carbocycles. The van der Waals surface area contributed by atoms with Gasteiger partial charge in [0, 0.05) is 0 Å². The van der Waals surface area contributed by atoms with E-state index in [0.717, 1.165) is 6.42 Å². The molecule has 0 rings (SSSR count). The summed E-state index contributed by atoms with van der Waals surface area (Å²) in [7, 11) is 0. The Labute approximate surface area is 71.0 Å². The first-order valence-electron chi connectivity index (χ1n) is 4.58. The van der Waals surface area contributed by atoms with E-state index < -0.39 is 0 Å². The largest absolute Gasteiger partial charge is 0.0884 e. The summed E-state index contributed by atoms with van der Waals surface area (Å²) in [5, 5.41) is 0. The predicted octanol–water partition coefficient (Wildman–Crippen LogP) is 4.09. The van der Waals surface area contributed by atoms with Crippen molar-refractivity contribution in [1.82, 2.24) is 0 Å². The smallest absolute Gasteiger partial charge is 0.0142 e. The summed E-state index contributed by atoms with van der Waals surface area (Å²) in [6.07, 6.45) is 11.7. The molecule has 11 heavy (non-hydrogen) atoms. The average molecular weight is 152 g/mol. The molecule has 0 aliphatic rings. The predicted molar refractivity (Wildman–Crippen MR) is 52.7 cm³/mol. The molecule has 0 bridgehead atoms. The van der Waals surface area contributed by atoms with E-state index in [9.17, 15) is 0 Å². The quantitative estimate of drug-likeness (QED) is 0.411. The van der Waals surface area contributed by atoms with Crippen molar-refractivity contribution in [2.75, 3.05) is 0 Å². The van der Waals surface area contributed by atoms with Gasteiger partial charge in [0.2, 0.25) is 0 Å². The van der Waals surface area contributed by atoms with E-state index in [-0.39, 0.29) is 0 Å². The van der Waals surface area contributed by atoms with Crippen LogP contribution in [-0.4, -0.2) is 0 Å². The molecule has 0 aromatic rings. The van der Waals surface area contributed by atoms with E-state index in [2.05, 4.69) is 39.0 Å². The van der Waals surface area contributed by atoms with Gasteiger partial charge in [0.05, 0.1) is 0 Å². The molecular formula is C11H20. The van der Waals surface area contributed by atoms with E-state index in [1.54, 1.807) is 0 Å². The molecule has 0 N–H and O–H groups in total. The summed E-state index contributed by atoms with van der Waals surface area (Å²) in [5.74, 6) is 0. The molecule has 0 saturated carbocycles. The van der Waals surface area contributed by atoms with Gasteiger partial charge >= 0.3 is 0 Å². The van der Waals surface area contributed by atoms with E-state index in [4.69, 9.17) is 0 Å². The molecule has 0 nitrogen and oxygen atoms in total. The molecule has 0 aliphatic heterocycles. The van der Waals surface area contributed by atoms with Crippen LogP contribution in [0, 0.1) is 0 Å². The van der Waals surface area contributed by atoms with Crippen molar-refractivity contribution in [2.45, 2.75) is 46.5 Å². The van der Waals surface area contributed by atoms with Crippen LogP contribution in [0.15, 0.2) is 23.8 Å². The second-order valence-corrected chi connectivity index (χ2v) is 2.95. The maximum atomic E-state index is 2.29. The molecule has 64 valence electrons. The van der Waals surface area contributed by atoms with Crippen LogP contribution in [0.1, 0.15) is 46.5 Å². The Balaban J connectivity index is 3.30. The molecule has 0 saturated heterocycles. The van der Waals surface area contributed by atoms with Crippen LogP contribution in [0.2, 0.25) is 0 Å². The van der Waals surface area contributed by atoms with Crippen molar-refractivity contribution in [1.29, 1.82) is 0 Å². The molecule has 0 heteroatoms. The van der Waals surface area contributed by atoms with Gasteiger partial charge in [0.1, 0.15) is 0 Å². The first-order valence-corrected chi connectivity index (χ1v) is 4.58. The van der Waals surface area contributed by atoms with E-state index in [0.29, 0.717) is 0 Å². The molecule has 0 unspecified atom stereocenters. The Morgan fingerprint density at radius 3 is 2.55 bits per heavy atom. The van der Waals surface area contributed by atoms with E-state index >= 15 is 0 Å². The minimum atomic E-state index is 1.13. The Hall–Kier alpha value is -0.520. The molecule has 0 atom stereocenters. The van der Waals surface area contributed by atoms with Crippen molar-refractivity contribution in [3.8, 4) is 0 Å². The lowest BCUT2D eigenvalue weighted by atomic mass is 10.2. The van der Waals surface area contributed by atoms with Crippen molar-refractivity contribution < 1.29 is 0 Å². The highest BCUT2D eigenvalue weighted by Gasteiger charge is 1.81. The molecule has 0 aromatic heterocycles. The minimum absolute atomic E-state index is 1.13. The highest BCUT2D eigenvalue weighted by Crippen LogP contribution is 2.02. The van der Waals surface area contributed by atoms with Gasteiger partial charge in [-0.1, -0.05) is 43.6 Å². The van der Waals surface area contributed by atoms with Crippen molar-refractivity contribution in [3.05, 3.63) is 23.8 Å². The average Bonchev–Trinajstić information content (AvgIpc) is 2.04. The Morgan fingerprint density at radius 1 is 1.27 bits per heavy atom. The van der Waals surface area contributed by atoms with Gasteiger partial charge in [0.15, 0.2) is 0 Å². The third-order valence-electron chi connectivity index (χ3n) is 1.82. The van der Waals surface area contributed by atoms with Crippen LogP contribution in [0.4, 0.5) is 0 Å². The number of unbranched alkanes of at least 4 members (excludes halogenated alkanes) is 2. The first-order chi connectivity index (χ1) is 5.31. The summed E-state index contributed by atoms with van der Waals surface area (Å²) in [6, 6.07) is 0. The summed E-state index contributed by atoms with van der Waals surface area (Å²) in [5.41, 5.74) is 1.46. The second-order valence-electron chi connectivity index (χ2n) is 2.95. The lowest BCUT2D eigenvalue weighted by molar-refractivity contribution is 0.813. The number of allylic oxidation sites excluding steroid dienone is 4. The van der Waals surface area contributed by atoms with Crippen LogP contribution >= 0.6 is 0 Å². The minimum Gasteiger partial charge on any atom is -0.0884 e. The van der Waals surface area contributed by atoms with Gasteiger partial charge in [-0.3, -0.25) is 0 Å². The summed E-state index contributed by atoms with van der Waals surface area (Å²) in [6.45, 7) is 6.49. The summed E-state index contributed by atoms with van der Waals surface area (Å²) < 4.78 is 0. The van der Waals surface area contributed by atoms with Gasteiger partial charge < -0.3 is 0 Å². The maximum absolute atomic E-state index is 2.29. The molecule has 0 radical (unpaired) electrons. The van der Waals surface area contributed by atoms with Gasteiger partial charge in [-0.15, -0.1) is 0 Å². The lowest BCUT2D eigenvalue weighted by Crippen LogP contribution is -1.71. The maximum Gasteiger partial charge on any atom is -0.0142 e. The van der Waals surface area contributed by atoms with E-state index in [1.165, 1.54) is 24.8 Å². The molecule has 0 heterocycles.